The molecule has 2 aromatic heterocycles. The van der Waals surface area contributed by atoms with Gasteiger partial charge in [0.1, 0.15) is 16.4 Å². The van der Waals surface area contributed by atoms with Gasteiger partial charge in [0.15, 0.2) is 0 Å². The predicted octanol–water partition coefficient (Wildman–Crippen LogP) is 2.04. The van der Waals surface area contributed by atoms with Crippen molar-refractivity contribution in [2.75, 3.05) is 31.5 Å². The van der Waals surface area contributed by atoms with Gasteiger partial charge in [-0.1, -0.05) is 6.07 Å². The van der Waals surface area contributed by atoms with Crippen molar-refractivity contribution in [1.82, 2.24) is 19.2 Å². The first-order valence-corrected chi connectivity index (χ1v) is 11.0. The molecule has 1 saturated heterocycles. The zero-order chi connectivity index (χ0) is 21.3. The monoisotopic (exact) mass is 431 g/mol. The SMILES string of the molecule is CC(C(=O)Nc1cccc(F)c1)N1CCN(S(=O)(=O)c2c[nH]c3ncccc23)CC1. The van der Waals surface area contributed by atoms with Gasteiger partial charge >= 0.3 is 0 Å². The molecule has 10 heteroatoms. The number of pyridine rings is 1. The first-order valence-electron chi connectivity index (χ1n) is 9.59. The maximum atomic E-state index is 13.3. The van der Waals surface area contributed by atoms with Gasteiger partial charge in [0, 0.05) is 49.6 Å². The molecular formula is C20H22FN5O3S. The maximum absolute atomic E-state index is 13.3. The Kier molecular flexibility index (Phi) is 5.54. The van der Waals surface area contributed by atoms with E-state index in [2.05, 4.69) is 15.3 Å². The van der Waals surface area contributed by atoms with Crippen molar-refractivity contribution >= 4 is 32.7 Å². The number of nitrogens with zero attached hydrogens (tertiary/aromatic N) is 3. The third-order valence-electron chi connectivity index (χ3n) is 5.32. The molecule has 3 heterocycles. The number of fused-ring (bicyclic) bond motifs is 1. The number of hydrogen-bond acceptors (Lipinski definition) is 5. The zero-order valence-electron chi connectivity index (χ0n) is 16.4. The van der Waals surface area contributed by atoms with Gasteiger partial charge in [0.25, 0.3) is 0 Å². The predicted molar refractivity (Wildman–Crippen MR) is 111 cm³/mol. The summed E-state index contributed by atoms with van der Waals surface area (Å²) in [5.41, 5.74) is 0.915. The molecule has 2 N–H and O–H groups in total. The third-order valence-corrected chi connectivity index (χ3v) is 7.26. The summed E-state index contributed by atoms with van der Waals surface area (Å²) in [6, 6.07) is 8.66. The molecule has 0 bridgehead atoms. The molecule has 1 unspecified atom stereocenters. The molecule has 158 valence electrons. The summed E-state index contributed by atoms with van der Waals surface area (Å²) in [7, 11) is -3.67. The fourth-order valence-corrected chi connectivity index (χ4v) is 5.17. The van der Waals surface area contributed by atoms with Crippen molar-refractivity contribution in [3.63, 3.8) is 0 Å². The molecule has 1 aliphatic heterocycles. The topological polar surface area (TPSA) is 98.4 Å². The van der Waals surface area contributed by atoms with Crippen LogP contribution in [0.2, 0.25) is 0 Å². The number of carbonyl (C=O) groups is 1. The molecule has 0 saturated carbocycles. The quantitative estimate of drug-likeness (QED) is 0.644. The summed E-state index contributed by atoms with van der Waals surface area (Å²) in [6.07, 6.45) is 3.07. The van der Waals surface area contributed by atoms with Gasteiger partial charge in [-0.25, -0.2) is 17.8 Å². The second kappa shape index (κ2) is 8.13. The first-order chi connectivity index (χ1) is 14.4. The number of aromatic amines is 1. The number of amides is 1. The number of piperazine rings is 1. The van der Waals surface area contributed by atoms with E-state index in [1.54, 1.807) is 31.3 Å². The number of H-pyrrole nitrogens is 1. The lowest BCUT2D eigenvalue weighted by Gasteiger charge is -2.36. The highest BCUT2D eigenvalue weighted by molar-refractivity contribution is 7.89. The van der Waals surface area contributed by atoms with Crippen LogP contribution in [0.4, 0.5) is 10.1 Å². The summed E-state index contributed by atoms with van der Waals surface area (Å²) in [5, 5.41) is 3.26. The summed E-state index contributed by atoms with van der Waals surface area (Å²) >= 11 is 0. The van der Waals surface area contributed by atoms with Crippen LogP contribution in [0.3, 0.4) is 0 Å². The normalized spacial score (nSPS) is 17.1. The minimum atomic E-state index is -3.67. The smallest absolute Gasteiger partial charge is 0.245 e. The number of aromatic nitrogens is 2. The molecular weight excluding hydrogens is 409 g/mol. The molecule has 1 fully saturated rings. The van der Waals surface area contributed by atoms with Gasteiger partial charge in [-0.3, -0.25) is 9.69 Å². The summed E-state index contributed by atoms with van der Waals surface area (Å²) < 4.78 is 40.9. The Morgan fingerprint density at radius 3 is 2.70 bits per heavy atom. The van der Waals surface area contributed by atoms with Crippen molar-refractivity contribution in [3.8, 4) is 0 Å². The molecule has 3 aromatic rings. The fourth-order valence-electron chi connectivity index (χ4n) is 3.59. The number of rotatable bonds is 5. The Labute approximate surface area is 173 Å². The number of carbonyl (C=O) groups excluding carboxylic acids is 1. The van der Waals surface area contributed by atoms with E-state index in [4.69, 9.17) is 0 Å². The lowest BCUT2D eigenvalue weighted by molar-refractivity contribution is -0.121. The second-order valence-corrected chi connectivity index (χ2v) is 9.07. The van der Waals surface area contributed by atoms with E-state index in [0.29, 0.717) is 29.8 Å². The standard InChI is InChI=1S/C20H22FN5O3S/c1-14(20(27)24-16-5-2-4-15(21)12-16)25-8-10-26(11-9-25)30(28,29)18-13-23-19-17(18)6-3-7-22-19/h2-7,12-14H,8-11H2,1H3,(H,22,23)(H,24,27). The van der Waals surface area contributed by atoms with Crippen LogP contribution >= 0.6 is 0 Å². The van der Waals surface area contributed by atoms with E-state index in [9.17, 15) is 17.6 Å². The largest absolute Gasteiger partial charge is 0.345 e. The molecule has 1 aliphatic rings. The highest BCUT2D eigenvalue weighted by atomic mass is 32.2. The van der Waals surface area contributed by atoms with E-state index in [-0.39, 0.29) is 23.9 Å². The molecule has 30 heavy (non-hydrogen) atoms. The van der Waals surface area contributed by atoms with Gasteiger partial charge in [-0.05, 0) is 37.3 Å². The Morgan fingerprint density at radius 1 is 1.20 bits per heavy atom. The van der Waals surface area contributed by atoms with Gasteiger partial charge in [-0.2, -0.15) is 4.31 Å². The molecule has 0 spiro atoms. The average molecular weight is 431 g/mol. The Hall–Kier alpha value is -2.82. The van der Waals surface area contributed by atoms with Gasteiger partial charge in [0.05, 0.1) is 6.04 Å². The molecule has 1 aromatic carbocycles. The van der Waals surface area contributed by atoms with Crippen LogP contribution in [0.25, 0.3) is 11.0 Å². The number of nitrogens with one attached hydrogen (secondary N) is 2. The van der Waals surface area contributed by atoms with E-state index < -0.39 is 21.9 Å². The van der Waals surface area contributed by atoms with Crippen LogP contribution in [0.15, 0.2) is 53.7 Å². The van der Waals surface area contributed by atoms with E-state index in [1.807, 2.05) is 4.90 Å². The minimum absolute atomic E-state index is 0.205. The molecule has 1 amide bonds. The van der Waals surface area contributed by atoms with Crippen LogP contribution in [-0.2, 0) is 14.8 Å². The van der Waals surface area contributed by atoms with Crippen molar-refractivity contribution < 1.29 is 17.6 Å². The van der Waals surface area contributed by atoms with Gasteiger partial charge in [0.2, 0.25) is 15.9 Å². The average Bonchev–Trinajstić information content (AvgIpc) is 3.18. The van der Waals surface area contributed by atoms with Gasteiger partial charge in [-0.15, -0.1) is 0 Å². The maximum Gasteiger partial charge on any atom is 0.245 e. The lowest BCUT2D eigenvalue weighted by atomic mass is 10.2. The highest BCUT2D eigenvalue weighted by Crippen LogP contribution is 2.25. The first kappa shape index (κ1) is 20.5. The summed E-state index contributed by atoms with van der Waals surface area (Å²) in [5.74, 6) is -0.689. The Balaban J connectivity index is 1.41. The van der Waals surface area contributed by atoms with Crippen LogP contribution in [0.1, 0.15) is 6.92 Å². The minimum Gasteiger partial charge on any atom is -0.345 e. The number of benzene rings is 1. The van der Waals surface area contributed by atoms with Crippen molar-refractivity contribution in [1.29, 1.82) is 0 Å². The molecule has 1 atom stereocenters. The molecule has 0 radical (unpaired) electrons. The summed E-state index contributed by atoms with van der Waals surface area (Å²) in [4.78, 5) is 21.7. The second-order valence-electron chi connectivity index (χ2n) is 7.17. The number of hydrogen-bond donors (Lipinski definition) is 2. The Morgan fingerprint density at radius 2 is 1.97 bits per heavy atom. The van der Waals surface area contributed by atoms with Crippen LogP contribution < -0.4 is 5.32 Å². The Bertz CT molecular complexity index is 1170. The van der Waals surface area contributed by atoms with Crippen LogP contribution in [0, 0.1) is 5.82 Å². The fraction of sp³-hybridized carbons (Fsp3) is 0.300. The van der Waals surface area contributed by atoms with E-state index >= 15 is 0 Å². The van der Waals surface area contributed by atoms with Gasteiger partial charge < -0.3 is 10.3 Å². The number of halogens is 1. The number of anilines is 1. The third kappa shape index (κ3) is 3.93. The van der Waals surface area contributed by atoms with Crippen molar-refractivity contribution in [2.24, 2.45) is 0 Å². The van der Waals surface area contributed by atoms with E-state index in [1.165, 1.54) is 28.7 Å². The van der Waals surface area contributed by atoms with Crippen molar-refractivity contribution in [2.45, 2.75) is 17.9 Å². The highest BCUT2D eigenvalue weighted by Gasteiger charge is 2.33. The molecule has 8 nitrogen and oxygen atoms in total. The summed E-state index contributed by atoms with van der Waals surface area (Å²) in [6.45, 7) is 3.12. The van der Waals surface area contributed by atoms with Crippen LogP contribution in [-0.4, -0.2) is 65.7 Å². The van der Waals surface area contributed by atoms with Crippen molar-refractivity contribution in [3.05, 3.63) is 54.6 Å². The molecule has 0 aliphatic carbocycles. The molecule has 4 rings (SSSR count). The van der Waals surface area contributed by atoms with Crippen LogP contribution in [0.5, 0.6) is 0 Å². The number of sulfonamides is 1. The lowest BCUT2D eigenvalue weighted by Crippen LogP contribution is -2.53. The zero-order valence-corrected chi connectivity index (χ0v) is 17.2. The van der Waals surface area contributed by atoms with E-state index in [0.717, 1.165) is 0 Å².